The van der Waals surface area contributed by atoms with Crippen LogP contribution in [0.1, 0.15) is 5.56 Å². The molecule has 0 radical (unpaired) electrons. The van der Waals surface area contributed by atoms with Crippen LogP contribution in [0, 0.1) is 0 Å². The molecule has 0 atom stereocenters. The molecule has 0 saturated heterocycles. The Morgan fingerprint density at radius 3 is 2.50 bits per heavy atom. The van der Waals surface area contributed by atoms with Crippen molar-refractivity contribution in [1.29, 1.82) is 0 Å². The molecule has 0 aliphatic carbocycles. The predicted octanol–water partition coefficient (Wildman–Crippen LogP) is 4.22. The van der Waals surface area contributed by atoms with E-state index in [9.17, 15) is 4.79 Å². The molecule has 0 bridgehead atoms. The Morgan fingerprint density at radius 1 is 0.812 bits per heavy atom. The monoisotopic (exact) mass is 421 g/mol. The molecular weight excluding hydrogens is 398 g/mol. The second-order valence-electron chi connectivity index (χ2n) is 8.36. The number of likely N-dealkylation sites (N-methyl/N-ethyl adjacent to an activating group) is 1. The third-order valence-electron chi connectivity index (χ3n) is 6.22. The van der Waals surface area contributed by atoms with Crippen LogP contribution in [0.15, 0.2) is 89.9 Å². The Bertz CT molecular complexity index is 1520. The number of anilines is 2. The van der Waals surface area contributed by atoms with Crippen molar-refractivity contribution in [1.82, 2.24) is 19.1 Å². The molecule has 2 aromatic heterocycles. The number of aromatic nitrogens is 3. The van der Waals surface area contributed by atoms with E-state index in [1.54, 1.807) is 10.6 Å². The molecule has 3 aromatic carbocycles. The average molecular weight is 422 g/mol. The summed E-state index contributed by atoms with van der Waals surface area (Å²) in [5.74, 6) is 0. The first-order valence-corrected chi connectivity index (χ1v) is 10.8. The van der Waals surface area contributed by atoms with Crippen molar-refractivity contribution in [2.75, 3.05) is 25.0 Å². The average Bonchev–Trinajstić information content (AvgIpc) is 3.06. The zero-order valence-corrected chi connectivity index (χ0v) is 17.8. The van der Waals surface area contributed by atoms with Crippen molar-refractivity contribution in [3.8, 4) is 5.69 Å². The van der Waals surface area contributed by atoms with Gasteiger partial charge in [0.05, 0.1) is 5.69 Å². The summed E-state index contributed by atoms with van der Waals surface area (Å²) in [7, 11) is 2.14. The fraction of sp³-hybridized carbons (Fsp3) is 0.154. The molecule has 6 heteroatoms. The minimum atomic E-state index is -0.158. The van der Waals surface area contributed by atoms with Gasteiger partial charge in [0.15, 0.2) is 5.65 Å². The first-order chi connectivity index (χ1) is 15.7. The van der Waals surface area contributed by atoms with Crippen molar-refractivity contribution in [2.45, 2.75) is 6.54 Å². The summed E-state index contributed by atoms with van der Waals surface area (Å²) in [5.41, 5.74) is 4.80. The van der Waals surface area contributed by atoms with Crippen LogP contribution in [-0.4, -0.2) is 39.2 Å². The summed E-state index contributed by atoms with van der Waals surface area (Å²) < 4.78 is 3.06. The lowest BCUT2D eigenvalue weighted by Crippen LogP contribution is -2.26. The van der Waals surface area contributed by atoms with E-state index < -0.39 is 0 Å². The maximum absolute atomic E-state index is 12.9. The Hall–Kier alpha value is -3.90. The maximum Gasteiger partial charge on any atom is 0.355 e. The lowest BCUT2D eigenvalue weighted by atomic mass is 10.1. The van der Waals surface area contributed by atoms with Gasteiger partial charge in [-0.2, -0.15) is 4.68 Å². The number of hydrogen-bond acceptors (Lipinski definition) is 4. The van der Waals surface area contributed by atoms with E-state index in [2.05, 4.69) is 76.5 Å². The van der Waals surface area contributed by atoms with E-state index >= 15 is 0 Å². The third kappa shape index (κ3) is 3.08. The number of pyridine rings is 1. The van der Waals surface area contributed by atoms with E-state index in [0.29, 0.717) is 5.65 Å². The summed E-state index contributed by atoms with van der Waals surface area (Å²) in [6.07, 6.45) is 1.75. The van der Waals surface area contributed by atoms with Crippen LogP contribution >= 0.6 is 0 Å². The maximum atomic E-state index is 12.9. The van der Waals surface area contributed by atoms with E-state index in [4.69, 9.17) is 0 Å². The molecule has 32 heavy (non-hydrogen) atoms. The SMILES string of the molecule is CN1CCN(c2ccc3ccccc3c2)c2ccc(-n3nc4ccccn4c3=O)cc2C1. The van der Waals surface area contributed by atoms with Crippen molar-refractivity contribution in [2.24, 2.45) is 0 Å². The normalized spacial score (nSPS) is 14.6. The third-order valence-corrected chi connectivity index (χ3v) is 6.22. The summed E-state index contributed by atoms with van der Waals surface area (Å²) in [5, 5.41) is 7.00. The Labute approximate surface area is 185 Å². The summed E-state index contributed by atoms with van der Waals surface area (Å²) in [6, 6.07) is 26.9. The Morgan fingerprint density at radius 2 is 1.62 bits per heavy atom. The minimum Gasteiger partial charge on any atom is -0.340 e. The zero-order chi connectivity index (χ0) is 21.7. The number of nitrogens with zero attached hydrogens (tertiary/aromatic N) is 5. The molecule has 1 aliphatic heterocycles. The highest BCUT2D eigenvalue weighted by molar-refractivity contribution is 5.87. The second-order valence-corrected chi connectivity index (χ2v) is 8.36. The molecule has 6 nitrogen and oxygen atoms in total. The standard InChI is InChI=1S/C26H23N5O/c1-28-14-15-29(22-10-9-19-6-2-3-7-20(19)16-22)24-12-11-23(17-21(24)18-28)31-26(32)30-13-5-4-8-25(30)27-31/h2-13,16-17H,14-15,18H2,1H3. The number of fused-ring (bicyclic) bond motifs is 3. The van der Waals surface area contributed by atoms with Crippen LogP contribution in [0.3, 0.4) is 0 Å². The van der Waals surface area contributed by atoms with E-state index in [1.807, 2.05) is 24.3 Å². The molecule has 0 unspecified atom stereocenters. The first-order valence-electron chi connectivity index (χ1n) is 10.8. The van der Waals surface area contributed by atoms with Gasteiger partial charge in [0, 0.05) is 37.2 Å². The molecule has 0 N–H and O–H groups in total. The van der Waals surface area contributed by atoms with Gasteiger partial charge in [-0.3, -0.25) is 0 Å². The van der Waals surface area contributed by atoms with Crippen LogP contribution < -0.4 is 10.6 Å². The predicted molar refractivity (Wildman–Crippen MR) is 128 cm³/mol. The largest absolute Gasteiger partial charge is 0.355 e. The topological polar surface area (TPSA) is 45.8 Å². The quantitative estimate of drug-likeness (QED) is 0.428. The Kier molecular flexibility index (Phi) is 4.33. The molecule has 0 saturated carbocycles. The fourth-order valence-corrected chi connectivity index (χ4v) is 4.56. The summed E-state index contributed by atoms with van der Waals surface area (Å²) in [4.78, 5) is 17.6. The lowest BCUT2D eigenvalue weighted by Gasteiger charge is -2.25. The van der Waals surface area contributed by atoms with E-state index in [1.165, 1.54) is 32.4 Å². The smallest absolute Gasteiger partial charge is 0.340 e. The van der Waals surface area contributed by atoms with Crippen LogP contribution in [-0.2, 0) is 6.54 Å². The fourth-order valence-electron chi connectivity index (χ4n) is 4.56. The molecule has 5 aromatic rings. The minimum absolute atomic E-state index is 0.158. The molecule has 0 fully saturated rings. The van der Waals surface area contributed by atoms with Gasteiger partial charge in [-0.1, -0.05) is 36.4 Å². The van der Waals surface area contributed by atoms with Crippen molar-refractivity contribution < 1.29 is 0 Å². The first kappa shape index (κ1) is 18.8. The van der Waals surface area contributed by atoms with Crippen LogP contribution in [0.5, 0.6) is 0 Å². The number of hydrogen-bond donors (Lipinski definition) is 0. The lowest BCUT2D eigenvalue weighted by molar-refractivity contribution is 0.343. The van der Waals surface area contributed by atoms with Gasteiger partial charge in [0.2, 0.25) is 0 Å². The number of benzene rings is 3. The molecule has 6 rings (SSSR count). The van der Waals surface area contributed by atoms with Gasteiger partial charge in [-0.25, -0.2) is 9.20 Å². The number of rotatable bonds is 2. The highest BCUT2D eigenvalue weighted by Gasteiger charge is 2.21. The molecule has 158 valence electrons. The van der Waals surface area contributed by atoms with Gasteiger partial charge in [0.1, 0.15) is 0 Å². The van der Waals surface area contributed by atoms with Crippen molar-refractivity contribution >= 4 is 27.8 Å². The van der Waals surface area contributed by atoms with Crippen molar-refractivity contribution in [3.63, 3.8) is 0 Å². The van der Waals surface area contributed by atoms with Crippen LogP contribution in [0.2, 0.25) is 0 Å². The molecule has 0 amide bonds. The van der Waals surface area contributed by atoms with Gasteiger partial charge < -0.3 is 9.80 Å². The van der Waals surface area contributed by atoms with Crippen LogP contribution in [0.25, 0.3) is 22.1 Å². The highest BCUT2D eigenvalue weighted by Crippen LogP contribution is 2.34. The van der Waals surface area contributed by atoms with Gasteiger partial charge in [-0.05, 0) is 65.8 Å². The summed E-state index contributed by atoms with van der Waals surface area (Å²) >= 11 is 0. The Balaban J connectivity index is 1.47. The highest BCUT2D eigenvalue weighted by atomic mass is 16.2. The summed E-state index contributed by atoms with van der Waals surface area (Å²) in [6.45, 7) is 2.66. The van der Waals surface area contributed by atoms with Gasteiger partial charge in [0.25, 0.3) is 0 Å². The van der Waals surface area contributed by atoms with Gasteiger partial charge in [-0.15, -0.1) is 5.10 Å². The second kappa shape index (κ2) is 7.35. The van der Waals surface area contributed by atoms with E-state index in [-0.39, 0.29) is 5.69 Å². The van der Waals surface area contributed by atoms with E-state index in [0.717, 1.165) is 25.3 Å². The molecule has 3 heterocycles. The molecular formula is C26H23N5O. The molecule has 0 spiro atoms. The van der Waals surface area contributed by atoms with Crippen LogP contribution in [0.4, 0.5) is 11.4 Å². The van der Waals surface area contributed by atoms with Crippen molar-refractivity contribution in [3.05, 3.63) is 101 Å². The molecule has 1 aliphatic rings. The zero-order valence-electron chi connectivity index (χ0n) is 17.8. The van der Waals surface area contributed by atoms with Gasteiger partial charge >= 0.3 is 5.69 Å².